The minimum atomic E-state index is -0.142. The number of hydrogen-bond acceptors (Lipinski definition) is 2. The normalized spacial score (nSPS) is 10.4. The second kappa shape index (κ2) is 4.25. The minimum Gasteiger partial charge on any atom is -0.282 e. The highest BCUT2D eigenvalue weighted by Crippen LogP contribution is 1.94. The standard InChI is InChI=1S/C7H13N3OS/c1-2-3-4-5-10-7(11)8-6(12)9-10/h2-5H2,1H3,(H2,8,9,11,12). The lowest BCUT2D eigenvalue weighted by Gasteiger charge is -1.97. The predicted molar refractivity (Wildman–Crippen MR) is 49.8 cm³/mol. The van der Waals surface area contributed by atoms with E-state index in [1.165, 1.54) is 4.68 Å². The fourth-order valence-corrected chi connectivity index (χ4v) is 1.24. The third kappa shape index (κ3) is 2.34. The van der Waals surface area contributed by atoms with Crippen molar-refractivity contribution in [3.05, 3.63) is 15.3 Å². The van der Waals surface area contributed by atoms with Gasteiger partial charge in [-0.05, 0) is 18.6 Å². The summed E-state index contributed by atoms with van der Waals surface area (Å²) < 4.78 is 1.91. The summed E-state index contributed by atoms with van der Waals surface area (Å²) in [6.07, 6.45) is 3.30. The lowest BCUT2D eigenvalue weighted by atomic mass is 10.2. The zero-order chi connectivity index (χ0) is 8.97. The van der Waals surface area contributed by atoms with Crippen molar-refractivity contribution in [1.82, 2.24) is 14.8 Å². The van der Waals surface area contributed by atoms with E-state index in [0.29, 0.717) is 4.77 Å². The number of aromatic amines is 2. The average molecular weight is 187 g/mol. The fourth-order valence-electron chi connectivity index (χ4n) is 1.04. The molecule has 5 heteroatoms. The van der Waals surface area contributed by atoms with Crippen LogP contribution in [0.5, 0.6) is 0 Å². The first kappa shape index (κ1) is 9.25. The van der Waals surface area contributed by atoms with Crippen molar-refractivity contribution in [3.63, 3.8) is 0 Å². The first-order valence-corrected chi connectivity index (χ1v) is 4.54. The lowest BCUT2D eigenvalue weighted by Crippen LogP contribution is -2.17. The Kier molecular flexibility index (Phi) is 3.28. The van der Waals surface area contributed by atoms with Crippen LogP contribution in [0.1, 0.15) is 26.2 Å². The SMILES string of the molecule is CCCCCn1[nH]c(=S)[nH]c1=O. The number of rotatable bonds is 4. The molecule has 0 radical (unpaired) electrons. The molecule has 0 aromatic carbocycles. The maximum Gasteiger partial charge on any atom is 0.342 e. The molecule has 2 N–H and O–H groups in total. The highest BCUT2D eigenvalue weighted by molar-refractivity contribution is 7.71. The summed E-state index contributed by atoms with van der Waals surface area (Å²) >= 11 is 4.77. The molecule has 0 saturated carbocycles. The van der Waals surface area contributed by atoms with Crippen LogP contribution in [-0.4, -0.2) is 14.8 Å². The summed E-state index contributed by atoms with van der Waals surface area (Å²) in [7, 11) is 0. The van der Waals surface area contributed by atoms with Gasteiger partial charge in [0.1, 0.15) is 0 Å². The van der Waals surface area contributed by atoms with Gasteiger partial charge in [0.05, 0.1) is 0 Å². The molecule has 1 heterocycles. The van der Waals surface area contributed by atoms with Gasteiger partial charge in [-0.15, -0.1) is 0 Å². The van der Waals surface area contributed by atoms with Crippen molar-refractivity contribution in [1.29, 1.82) is 0 Å². The second-order valence-corrected chi connectivity index (χ2v) is 3.14. The fraction of sp³-hybridized carbons (Fsp3) is 0.714. The number of hydrogen-bond donors (Lipinski definition) is 2. The van der Waals surface area contributed by atoms with Gasteiger partial charge in [0.15, 0.2) is 4.77 Å². The summed E-state index contributed by atoms with van der Waals surface area (Å²) in [5, 5.41) is 2.77. The van der Waals surface area contributed by atoms with Gasteiger partial charge in [0.2, 0.25) is 0 Å². The number of H-pyrrole nitrogens is 2. The molecule has 0 aliphatic heterocycles. The minimum absolute atomic E-state index is 0.142. The molecule has 12 heavy (non-hydrogen) atoms. The van der Waals surface area contributed by atoms with E-state index < -0.39 is 0 Å². The largest absolute Gasteiger partial charge is 0.342 e. The van der Waals surface area contributed by atoms with E-state index in [1.807, 2.05) is 0 Å². The Morgan fingerprint density at radius 2 is 2.25 bits per heavy atom. The molecular formula is C7H13N3OS. The predicted octanol–water partition coefficient (Wildman–Crippen LogP) is 1.42. The molecule has 1 aromatic rings. The maximum atomic E-state index is 11.0. The van der Waals surface area contributed by atoms with Gasteiger partial charge in [-0.1, -0.05) is 19.8 Å². The van der Waals surface area contributed by atoms with E-state index in [0.717, 1.165) is 25.8 Å². The maximum absolute atomic E-state index is 11.0. The highest BCUT2D eigenvalue weighted by Gasteiger charge is 1.95. The molecule has 0 atom stereocenters. The first-order chi connectivity index (χ1) is 5.74. The van der Waals surface area contributed by atoms with Crippen LogP contribution in [-0.2, 0) is 6.54 Å². The number of unbranched alkanes of at least 4 members (excludes halogenated alkanes) is 2. The number of nitrogens with zero attached hydrogens (tertiary/aromatic N) is 1. The summed E-state index contributed by atoms with van der Waals surface area (Å²) in [6.45, 7) is 2.85. The van der Waals surface area contributed by atoms with Gasteiger partial charge >= 0.3 is 5.69 Å². The quantitative estimate of drug-likeness (QED) is 0.553. The van der Waals surface area contributed by atoms with Crippen molar-refractivity contribution >= 4 is 12.2 Å². The molecule has 0 amide bonds. The van der Waals surface area contributed by atoms with E-state index in [4.69, 9.17) is 12.2 Å². The molecule has 0 spiro atoms. The van der Waals surface area contributed by atoms with Crippen molar-refractivity contribution in [2.24, 2.45) is 0 Å². The summed E-state index contributed by atoms with van der Waals surface area (Å²) in [5.74, 6) is 0. The smallest absolute Gasteiger partial charge is 0.282 e. The Morgan fingerprint density at radius 3 is 2.75 bits per heavy atom. The van der Waals surface area contributed by atoms with Gasteiger partial charge in [-0.25, -0.2) is 9.48 Å². The third-order valence-corrected chi connectivity index (χ3v) is 1.88. The molecule has 0 unspecified atom stereocenters. The Hall–Kier alpha value is -0.840. The number of aryl methyl sites for hydroxylation is 1. The Labute approximate surface area is 75.6 Å². The van der Waals surface area contributed by atoms with Crippen LogP contribution in [0.15, 0.2) is 4.79 Å². The van der Waals surface area contributed by atoms with E-state index in [9.17, 15) is 4.79 Å². The molecule has 0 bridgehead atoms. The second-order valence-electron chi connectivity index (χ2n) is 2.73. The topological polar surface area (TPSA) is 53.6 Å². The molecule has 0 fully saturated rings. The monoisotopic (exact) mass is 187 g/mol. The summed E-state index contributed by atoms with van der Waals surface area (Å²) in [5.41, 5.74) is -0.142. The van der Waals surface area contributed by atoms with E-state index in [-0.39, 0.29) is 5.69 Å². The summed E-state index contributed by atoms with van der Waals surface area (Å²) in [4.78, 5) is 13.5. The average Bonchev–Trinajstić information content (AvgIpc) is 2.31. The Bertz CT molecular complexity index is 335. The zero-order valence-electron chi connectivity index (χ0n) is 7.09. The van der Waals surface area contributed by atoms with Crippen molar-refractivity contribution in [2.45, 2.75) is 32.7 Å². The van der Waals surface area contributed by atoms with E-state index >= 15 is 0 Å². The lowest BCUT2D eigenvalue weighted by molar-refractivity contribution is 0.537. The molecule has 68 valence electrons. The number of aromatic nitrogens is 3. The van der Waals surface area contributed by atoms with Gasteiger partial charge in [0.25, 0.3) is 0 Å². The first-order valence-electron chi connectivity index (χ1n) is 4.13. The van der Waals surface area contributed by atoms with E-state index in [1.54, 1.807) is 0 Å². The molecule has 1 aromatic heterocycles. The van der Waals surface area contributed by atoms with Crippen LogP contribution >= 0.6 is 12.2 Å². The molecule has 0 saturated heterocycles. The van der Waals surface area contributed by atoms with Crippen LogP contribution in [0.25, 0.3) is 0 Å². The molecule has 0 aliphatic carbocycles. The molecule has 4 nitrogen and oxygen atoms in total. The van der Waals surface area contributed by atoms with Gasteiger partial charge in [0, 0.05) is 6.54 Å². The molecule has 1 rings (SSSR count). The van der Waals surface area contributed by atoms with Crippen LogP contribution in [0.2, 0.25) is 0 Å². The Balaban J connectivity index is 2.57. The zero-order valence-corrected chi connectivity index (χ0v) is 7.91. The highest BCUT2D eigenvalue weighted by atomic mass is 32.1. The van der Waals surface area contributed by atoms with Crippen LogP contribution < -0.4 is 5.69 Å². The van der Waals surface area contributed by atoms with E-state index in [2.05, 4.69) is 17.0 Å². The molecular weight excluding hydrogens is 174 g/mol. The molecule has 0 aliphatic rings. The van der Waals surface area contributed by atoms with Gasteiger partial charge < -0.3 is 0 Å². The van der Waals surface area contributed by atoms with Gasteiger partial charge in [-0.3, -0.25) is 10.1 Å². The van der Waals surface area contributed by atoms with Crippen molar-refractivity contribution < 1.29 is 0 Å². The van der Waals surface area contributed by atoms with Crippen molar-refractivity contribution in [3.8, 4) is 0 Å². The van der Waals surface area contributed by atoms with Crippen LogP contribution in [0.4, 0.5) is 0 Å². The van der Waals surface area contributed by atoms with Gasteiger partial charge in [-0.2, -0.15) is 0 Å². The van der Waals surface area contributed by atoms with Crippen molar-refractivity contribution in [2.75, 3.05) is 0 Å². The summed E-state index contributed by atoms with van der Waals surface area (Å²) in [6, 6.07) is 0. The number of nitrogens with one attached hydrogen (secondary N) is 2. The van der Waals surface area contributed by atoms with Crippen LogP contribution in [0.3, 0.4) is 0 Å². The van der Waals surface area contributed by atoms with Crippen LogP contribution in [0, 0.1) is 4.77 Å². The third-order valence-electron chi connectivity index (χ3n) is 1.69. The Morgan fingerprint density at radius 1 is 1.50 bits per heavy atom.